The van der Waals surface area contributed by atoms with E-state index in [1.807, 2.05) is 50.2 Å². The molecule has 0 radical (unpaired) electrons. The SMILES string of the molecule is CCCC1(CCC)c2cc(C(=O)c3ccccc3C)ccc2-c2ccc(/C(C)=N/O)cc21. The standard InChI is InChI=1S/C29H31NO2/c1-5-15-29(16-6-2)26-17-21(20(4)30-32)11-13-24(26)25-14-12-22(18-27(25)29)28(31)23-10-8-7-9-19(23)3/h7-14,17-18,32H,5-6,15-16H2,1-4H3/b30-20+. The molecule has 0 unspecified atom stereocenters. The lowest BCUT2D eigenvalue weighted by molar-refractivity contribution is 0.103. The van der Waals surface area contributed by atoms with E-state index < -0.39 is 0 Å². The Bertz CT molecular complexity index is 1200. The molecule has 3 heteroatoms. The van der Waals surface area contributed by atoms with E-state index in [0.717, 1.165) is 47.9 Å². The molecule has 3 aromatic rings. The molecule has 32 heavy (non-hydrogen) atoms. The molecule has 0 spiro atoms. The molecule has 0 saturated heterocycles. The van der Waals surface area contributed by atoms with Crippen LogP contribution in [0.25, 0.3) is 11.1 Å². The van der Waals surface area contributed by atoms with Gasteiger partial charge in [-0.3, -0.25) is 4.79 Å². The Labute approximate surface area is 190 Å². The average molecular weight is 426 g/mol. The summed E-state index contributed by atoms with van der Waals surface area (Å²) in [5, 5.41) is 12.7. The van der Waals surface area contributed by atoms with Gasteiger partial charge in [-0.1, -0.05) is 80.4 Å². The van der Waals surface area contributed by atoms with Gasteiger partial charge in [0.15, 0.2) is 5.78 Å². The second kappa shape index (κ2) is 8.74. The molecule has 0 fully saturated rings. The Kier molecular flexibility index (Phi) is 6.01. The van der Waals surface area contributed by atoms with Crippen molar-refractivity contribution in [1.29, 1.82) is 0 Å². The van der Waals surface area contributed by atoms with Crippen molar-refractivity contribution in [3.63, 3.8) is 0 Å². The average Bonchev–Trinajstić information content (AvgIpc) is 3.07. The number of ketones is 1. The summed E-state index contributed by atoms with van der Waals surface area (Å²) < 4.78 is 0. The van der Waals surface area contributed by atoms with Crippen molar-refractivity contribution in [1.82, 2.24) is 0 Å². The van der Waals surface area contributed by atoms with Crippen molar-refractivity contribution in [2.45, 2.75) is 58.8 Å². The number of aryl methyl sites for hydroxylation is 1. The van der Waals surface area contributed by atoms with Gasteiger partial charge in [-0.15, -0.1) is 0 Å². The first-order valence-corrected chi connectivity index (χ1v) is 11.6. The lowest BCUT2D eigenvalue weighted by atomic mass is 9.71. The van der Waals surface area contributed by atoms with Gasteiger partial charge in [0.05, 0.1) is 5.71 Å². The summed E-state index contributed by atoms with van der Waals surface area (Å²) in [6, 6.07) is 20.4. The number of oxime groups is 1. The fourth-order valence-electron chi connectivity index (χ4n) is 5.42. The number of benzene rings is 3. The maximum absolute atomic E-state index is 13.4. The lowest BCUT2D eigenvalue weighted by Crippen LogP contribution is -2.25. The number of rotatable bonds is 7. The van der Waals surface area contributed by atoms with Gasteiger partial charge in [-0.05, 0) is 72.2 Å². The second-order valence-corrected chi connectivity index (χ2v) is 8.93. The summed E-state index contributed by atoms with van der Waals surface area (Å²) in [6.45, 7) is 8.26. The molecule has 4 rings (SSSR count). The van der Waals surface area contributed by atoms with Gasteiger partial charge in [-0.25, -0.2) is 0 Å². The normalized spacial score (nSPS) is 14.2. The minimum atomic E-state index is -0.137. The zero-order valence-corrected chi connectivity index (χ0v) is 19.4. The summed E-state index contributed by atoms with van der Waals surface area (Å²) in [7, 11) is 0. The van der Waals surface area contributed by atoms with E-state index in [1.54, 1.807) is 0 Å². The van der Waals surface area contributed by atoms with Crippen molar-refractivity contribution in [2.75, 3.05) is 0 Å². The topological polar surface area (TPSA) is 49.7 Å². The molecular formula is C29H31NO2. The van der Waals surface area contributed by atoms with E-state index >= 15 is 0 Å². The van der Waals surface area contributed by atoms with Gasteiger partial charge in [0, 0.05) is 16.5 Å². The Morgan fingerprint density at radius 1 is 0.875 bits per heavy atom. The Morgan fingerprint density at radius 3 is 2.00 bits per heavy atom. The second-order valence-electron chi connectivity index (χ2n) is 8.93. The van der Waals surface area contributed by atoms with Gasteiger partial charge >= 0.3 is 0 Å². The number of hydrogen-bond acceptors (Lipinski definition) is 3. The Balaban J connectivity index is 1.92. The zero-order chi connectivity index (χ0) is 22.9. The minimum Gasteiger partial charge on any atom is -0.411 e. The van der Waals surface area contributed by atoms with Gasteiger partial charge in [-0.2, -0.15) is 0 Å². The number of fused-ring (bicyclic) bond motifs is 3. The molecule has 0 bridgehead atoms. The fourth-order valence-corrected chi connectivity index (χ4v) is 5.42. The van der Waals surface area contributed by atoms with Gasteiger partial charge < -0.3 is 5.21 Å². The number of nitrogens with zero attached hydrogens (tertiary/aromatic N) is 1. The van der Waals surface area contributed by atoms with Crippen LogP contribution in [0.3, 0.4) is 0 Å². The van der Waals surface area contributed by atoms with Crippen molar-refractivity contribution in [3.8, 4) is 11.1 Å². The molecule has 0 heterocycles. The molecule has 164 valence electrons. The number of carbonyl (C=O) groups excluding carboxylic acids is 1. The monoisotopic (exact) mass is 425 g/mol. The first-order valence-electron chi connectivity index (χ1n) is 11.6. The third kappa shape index (κ3) is 3.46. The summed E-state index contributed by atoms with van der Waals surface area (Å²) in [5.41, 5.74) is 8.91. The summed E-state index contributed by atoms with van der Waals surface area (Å²) in [5.74, 6) is 0.0766. The van der Waals surface area contributed by atoms with E-state index in [2.05, 4.69) is 43.3 Å². The molecular weight excluding hydrogens is 394 g/mol. The number of hydrogen-bond donors (Lipinski definition) is 1. The van der Waals surface area contributed by atoms with Crippen molar-refractivity contribution in [2.24, 2.45) is 5.16 Å². The highest BCUT2D eigenvalue weighted by Gasteiger charge is 2.42. The molecule has 0 aromatic heterocycles. The van der Waals surface area contributed by atoms with Crippen LogP contribution < -0.4 is 0 Å². The third-order valence-corrected chi connectivity index (χ3v) is 6.93. The summed E-state index contributed by atoms with van der Waals surface area (Å²) in [4.78, 5) is 13.4. The predicted molar refractivity (Wildman–Crippen MR) is 131 cm³/mol. The van der Waals surface area contributed by atoms with E-state index in [-0.39, 0.29) is 11.2 Å². The molecule has 1 N–H and O–H groups in total. The minimum absolute atomic E-state index is 0.0766. The van der Waals surface area contributed by atoms with Crippen LogP contribution in [0.1, 0.15) is 84.6 Å². The highest BCUT2D eigenvalue weighted by atomic mass is 16.4. The zero-order valence-electron chi connectivity index (χ0n) is 19.4. The van der Waals surface area contributed by atoms with E-state index in [1.165, 1.54) is 22.3 Å². The first-order chi connectivity index (χ1) is 15.5. The molecule has 0 amide bonds. The van der Waals surface area contributed by atoms with E-state index in [0.29, 0.717) is 5.71 Å². The fraction of sp³-hybridized carbons (Fsp3) is 0.310. The molecule has 1 aliphatic rings. The molecule has 0 saturated carbocycles. The van der Waals surface area contributed by atoms with Crippen molar-refractivity contribution < 1.29 is 10.0 Å². The maximum atomic E-state index is 13.4. The van der Waals surface area contributed by atoms with Crippen LogP contribution in [0.15, 0.2) is 65.8 Å². The van der Waals surface area contributed by atoms with E-state index in [4.69, 9.17) is 0 Å². The maximum Gasteiger partial charge on any atom is 0.193 e. The van der Waals surface area contributed by atoms with Crippen LogP contribution in [-0.4, -0.2) is 16.7 Å². The van der Waals surface area contributed by atoms with Crippen molar-refractivity contribution >= 4 is 11.5 Å². The van der Waals surface area contributed by atoms with Gasteiger partial charge in [0.1, 0.15) is 0 Å². The molecule has 0 atom stereocenters. The van der Waals surface area contributed by atoms with Crippen LogP contribution >= 0.6 is 0 Å². The highest BCUT2D eigenvalue weighted by molar-refractivity contribution is 6.10. The van der Waals surface area contributed by atoms with Crippen LogP contribution in [-0.2, 0) is 5.41 Å². The Hall–Kier alpha value is -3.20. The first kappa shape index (κ1) is 22.0. The summed E-state index contributed by atoms with van der Waals surface area (Å²) >= 11 is 0. The molecule has 0 aliphatic heterocycles. The lowest BCUT2D eigenvalue weighted by Gasteiger charge is -2.32. The van der Waals surface area contributed by atoms with Crippen LogP contribution in [0.4, 0.5) is 0 Å². The predicted octanol–water partition coefficient (Wildman–Crippen LogP) is 7.29. The molecule has 1 aliphatic carbocycles. The van der Waals surface area contributed by atoms with Crippen molar-refractivity contribution in [3.05, 3.63) is 94.0 Å². The summed E-state index contributed by atoms with van der Waals surface area (Å²) in [6.07, 6.45) is 4.13. The van der Waals surface area contributed by atoms with Crippen LogP contribution in [0.2, 0.25) is 0 Å². The molecule has 3 nitrogen and oxygen atoms in total. The Morgan fingerprint density at radius 2 is 1.44 bits per heavy atom. The van der Waals surface area contributed by atoms with Gasteiger partial charge in [0.2, 0.25) is 0 Å². The van der Waals surface area contributed by atoms with Crippen LogP contribution in [0, 0.1) is 6.92 Å². The quantitative estimate of drug-likeness (QED) is 0.187. The largest absolute Gasteiger partial charge is 0.411 e. The smallest absolute Gasteiger partial charge is 0.193 e. The molecule has 3 aromatic carbocycles. The van der Waals surface area contributed by atoms with E-state index in [9.17, 15) is 10.0 Å². The third-order valence-electron chi connectivity index (χ3n) is 6.93. The van der Waals surface area contributed by atoms with Crippen LogP contribution in [0.5, 0.6) is 0 Å². The number of carbonyl (C=O) groups is 1. The van der Waals surface area contributed by atoms with Gasteiger partial charge in [0.25, 0.3) is 0 Å². The highest BCUT2D eigenvalue weighted by Crippen LogP contribution is 2.54.